The Morgan fingerprint density at radius 1 is 1.12 bits per heavy atom. The minimum Gasteiger partial charge on any atom is -0.372 e. The van der Waals surface area contributed by atoms with Crippen LogP contribution >= 0.6 is 0 Å². The molecule has 6 heteroatoms. The molecule has 0 unspecified atom stereocenters. The van der Waals surface area contributed by atoms with Crippen molar-refractivity contribution in [3.63, 3.8) is 0 Å². The van der Waals surface area contributed by atoms with Gasteiger partial charge in [0.25, 0.3) is 5.91 Å². The molecule has 1 aromatic carbocycles. The average molecular weight is 341 g/mol. The second-order valence-electron chi connectivity index (χ2n) is 5.84. The number of aryl methyl sites for hydroxylation is 1. The molecule has 0 saturated heterocycles. The Morgan fingerprint density at radius 3 is 2.52 bits per heavy atom. The SMILES string of the molecule is CCCNc1cc(C(=O)Nc2ccc(N(CC)CC)cc2C)ncn1. The van der Waals surface area contributed by atoms with Gasteiger partial charge in [-0.05, 0) is 51.0 Å². The molecule has 2 rings (SSSR count). The molecule has 134 valence electrons. The van der Waals surface area contributed by atoms with Crippen molar-refractivity contribution in [1.82, 2.24) is 9.97 Å². The molecular formula is C19H27N5O. The van der Waals surface area contributed by atoms with Gasteiger partial charge in [0.1, 0.15) is 17.8 Å². The average Bonchev–Trinajstić information content (AvgIpc) is 2.63. The molecule has 1 heterocycles. The second kappa shape index (κ2) is 9.01. The highest BCUT2D eigenvalue weighted by Gasteiger charge is 2.11. The highest BCUT2D eigenvalue weighted by molar-refractivity contribution is 6.03. The van der Waals surface area contributed by atoms with Gasteiger partial charge in [-0.2, -0.15) is 0 Å². The third-order valence-electron chi connectivity index (χ3n) is 4.04. The summed E-state index contributed by atoms with van der Waals surface area (Å²) < 4.78 is 0. The predicted molar refractivity (Wildman–Crippen MR) is 104 cm³/mol. The van der Waals surface area contributed by atoms with E-state index in [1.807, 2.05) is 19.1 Å². The Labute approximate surface area is 149 Å². The fourth-order valence-corrected chi connectivity index (χ4v) is 2.59. The van der Waals surface area contributed by atoms with E-state index in [1.54, 1.807) is 6.07 Å². The molecule has 0 saturated carbocycles. The Kier molecular flexibility index (Phi) is 6.74. The summed E-state index contributed by atoms with van der Waals surface area (Å²) in [5.74, 6) is 0.427. The van der Waals surface area contributed by atoms with Crippen molar-refractivity contribution in [2.45, 2.75) is 34.1 Å². The van der Waals surface area contributed by atoms with Gasteiger partial charge in [0, 0.05) is 37.1 Å². The Bertz CT molecular complexity index is 713. The van der Waals surface area contributed by atoms with Crippen LogP contribution in [-0.4, -0.2) is 35.5 Å². The summed E-state index contributed by atoms with van der Waals surface area (Å²) in [4.78, 5) is 23.0. The maximum absolute atomic E-state index is 12.5. The van der Waals surface area contributed by atoms with Crippen LogP contribution < -0.4 is 15.5 Å². The van der Waals surface area contributed by atoms with Crippen LogP contribution in [-0.2, 0) is 0 Å². The Hall–Kier alpha value is -2.63. The third kappa shape index (κ3) is 4.92. The lowest BCUT2D eigenvalue weighted by atomic mass is 10.1. The largest absolute Gasteiger partial charge is 0.372 e. The molecule has 0 aliphatic heterocycles. The topological polar surface area (TPSA) is 70.2 Å². The van der Waals surface area contributed by atoms with Crippen molar-refractivity contribution in [1.29, 1.82) is 0 Å². The quantitative estimate of drug-likeness (QED) is 0.766. The minimum absolute atomic E-state index is 0.236. The smallest absolute Gasteiger partial charge is 0.274 e. The first-order valence-corrected chi connectivity index (χ1v) is 8.81. The standard InChI is InChI=1S/C19H27N5O/c1-5-10-20-18-12-17(21-13-22-18)19(25)23-16-9-8-15(11-14(16)4)24(6-2)7-3/h8-9,11-13H,5-7,10H2,1-4H3,(H,23,25)(H,20,21,22). The lowest BCUT2D eigenvalue weighted by molar-refractivity contribution is 0.102. The van der Waals surface area contributed by atoms with Gasteiger partial charge in [0.2, 0.25) is 0 Å². The van der Waals surface area contributed by atoms with Crippen LogP contribution in [0.1, 0.15) is 43.2 Å². The predicted octanol–water partition coefficient (Wildman–Crippen LogP) is 3.71. The molecule has 0 radical (unpaired) electrons. The molecule has 6 nitrogen and oxygen atoms in total. The van der Waals surface area contributed by atoms with Gasteiger partial charge in [-0.25, -0.2) is 9.97 Å². The van der Waals surface area contributed by atoms with E-state index in [-0.39, 0.29) is 5.91 Å². The number of nitrogens with zero attached hydrogens (tertiary/aromatic N) is 3. The first-order chi connectivity index (χ1) is 12.1. The summed E-state index contributed by atoms with van der Waals surface area (Å²) in [6.07, 6.45) is 2.40. The summed E-state index contributed by atoms with van der Waals surface area (Å²) >= 11 is 0. The van der Waals surface area contributed by atoms with Crippen LogP contribution in [0.3, 0.4) is 0 Å². The molecule has 0 spiro atoms. The van der Waals surface area contributed by atoms with Gasteiger partial charge in [0.05, 0.1) is 0 Å². The number of carbonyl (C=O) groups is 1. The summed E-state index contributed by atoms with van der Waals surface area (Å²) in [6, 6.07) is 7.74. The first kappa shape index (κ1) is 18.7. The van der Waals surface area contributed by atoms with E-state index in [4.69, 9.17) is 0 Å². The second-order valence-corrected chi connectivity index (χ2v) is 5.84. The Morgan fingerprint density at radius 2 is 1.88 bits per heavy atom. The summed E-state index contributed by atoms with van der Waals surface area (Å²) in [5, 5.41) is 6.10. The molecule has 0 bridgehead atoms. The number of hydrogen-bond acceptors (Lipinski definition) is 5. The van der Waals surface area contributed by atoms with E-state index >= 15 is 0 Å². The van der Waals surface area contributed by atoms with Crippen LogP contribution in [0.5, 0.6) is 0 Å². The fraction of sp³-hybridized carbons (Fsp3) is 0.421. The fourth-order valence-electron chi connectivity index (χ4n) is 2.59. The van der Waals surface area contributed by atoms with Crippen molar-refractivity contribution in [3.8, 4) is 0 Å². The maximum Gasteiger partial charge on any atom is 0.274 e. The molecule has 0 fully saturated rings. The lowest BCUT2D eigenvalue weighted by Crippen LogP contribution is -2.22. The number of carbonyl (C=O) groups excluding carboxylic acids is 1. The van der Waals surface area contributed by atoms with E-state index < -0.39 is 0 Å². The molecule has 0 aliphatic carbocycles. The highest BCUT2D eigenvalue weighted by atomic mass is 16.1. The van der Waals surface area contributed by atoms with E-state index in [1.165, 1.54) is 6.33 Å². The van der Waals surface area contributed by atoms with Gasteiger partial charge in [-0.15, -0.1) is 0 Å². The van der Waals surface area contributed by atoms with Crippen molar-refractivity contribution in [2.24, 2.45) is 0 Å². The third-order valence-corrected chi connectivity index (χ3v) is 4.04. The highest BCUT2D eigenvalue weighted by Crippen LogP contribution is 2.23. The zero-order valence-electron chi connectivity index (χ0n) is 15.5. The van der Waals surface area contributed by atoms with Crippen LogP contribution in [0.25, 0.3) is 0 Å². The van der Waals surface area contributed by atoms with Crippen molar-refractivity contribution in [3.05, 3.63) is 41.9 Å². The number of aromatic nitrogens is 2. The zero-order chi connectivity index (χ0) is 18.2. The van der Waals surface area contributed by atoms with E-state index in [2.05, 4.69) is 52.3 Å². The van der Waals surface area contributed by atoms with Gasteiger partial charge in [-0.3, -0.25) is 4.79 Å². The summed E-state index contributed by atoms with van der Waals surface area (Å²) in [7, 11) is 0. The van der Waals surface area contributed by atoms with Crippen LogP contribution in [0.4, 0.5) is 17.2 Å². The molecule has 25 heavy (non-hydrogen) atoms. The maximum atomic E-state index is 12.5. The molecule has 0 aliphatic rings. The summed E-state index contributed by atoms with van der Waals surface area (Å²) in [6.45, 7) is 11.1. The number of hydrogen-bond donors (Lipinski definition) is 2. The first-order valence-electron chi connectivity index (χ1n) is 8.81. The molecule has 2 aromatic rings. The zero-order valence-corrected chi connectivity index (χ0v) is 15.5. The molecule has 2 N–H and O–H groups in total. The Balaban J connectivity index is 2.12. The summed E-state index contributed by atoms with van der Waals surface area (Å²) in [5.41, 5.74) is 3.33. The number of benzene rings is 1. The minimum atomic E-state index is -0.236. The molecule has 1 aromatic heterocycles. The van der Waals surface area contributed by atoms with Crippen LogP contribution in [0, 0.1) is 6.92 Å². The van der Waals surface area contributed by atoms with E-state index in [0.717, 1.165) is 43.0 Å². The van der Waals surface area contributed by atoms with Crippen LogP contribution in [0.2, 0.25) is 0 Å². The molecular weight excluding hydrogens is 314 g/mol. The number of amides is 1. The van der Waals surface area contributed by atoms with Crippen molar-refractivity contribution >= 4 is 23.1 Å². The lowest BCUT2D eigenvalue weighted by Gasteiger charge is -2.22. The van der Waals surface area contributed by atoms with E-state index in [0.29, 0.717) is 11.5 Å². The van der Waals surface area contributed by atoms with Gasteiger partial charge < -0.3 is 15.5 Å². The number of nitrogens with one attached hydrogen (secondary N) is 2. The van der Waals surface area contributed by atoms with Crippen molar-refractivity contribution in [2.75, 3.05) is 35.2 Å². The van der Waals surface area contributed by atoms with Gasteiger partial charge >= 0.3 is 0 Å². The van der Waals surface area contributed by atoms with Crippen LogP contribution in [0.15, 0.2) is 30.6 Å². The normalized spacial score (nSPS) is 10.4. The van der Waals surface area contributed by atoms with Crippen molar-refractivity contribution < 1.29 is 4.79 Å². The van der Waals surface area contributed by atoms with Gasteiger partial charge in [-0.1, -0.05) is 6.92 Å². The molecule has 1 amide bonds. The monoisotopic (exact) mass is 341 g/mol. The number of rotatable bonds is 8. The molecule has 0 atom stereocenters. The van der Waals surface area contributed by atoms with Gasteiger partial charge in [0.15, 0.2) is 0 Å². The van der Waals surface area contributed by atoms with E-state index in [9.17, 15) is 4.79 Å². The number of anilines is 3.